The van der Waals surface area contributed by atoms with Gasteiger partial charge in [-0.3, -0.25) is 0 Å². The summed E-state index contributed by atoms with van der Waals surface area (Å²) in [5.41, 5.74) is 2.69. The average Bonchev–Trinajstić information content (AvgIpc) is 2.29. The van der Waals surface area contributed by atoms with E-state index >= 15 is 0 Å². The molecule has 1 fully saturated rings. The van der Waals surface area contributed by atoms with Crippen LogP contribution in [0, 0.1) is 5.41 Å². The molecule has 1 saturated carbocycles. The molecule has 0 spiro atoms. The lowest BCUT2D eigenvalue weighted by atomic mass is 9.69. The molecule has 1 aliphatic carbocycles. The first-order valence-electron chi connectivity index (χ1n) is 6.22. The minimum Gasteiger partial charge on any atom is -0.396 e. The van der Waals surface area contributed by atoms with Gasteiger partial charge in [0, 0.05) is 17.6 Å². The van der Waals surface area contributed by atoms with Crippen LogP contribution in [-0.4, -0.2) is 18.3 Å². The second kappa shape index (κ2) is 4.88. The molecule has 0 saturated heterocycles. The zero-order chi connectivity index (χ0) is 11.4. The van der Waals surface area contributed by atoms with Crippen LogP contribution in [0.15, 0.2) is 24.3 Å². The zero-order valence-corrected chi connectivity index (χ0v) is 10.00. The summed E-state index contributed by atoms with van der Waals surface area (Å²) in [6.07, 6.45) is 4.66. The molecule has 0 heterocycles. The van der Waals surface area contributed by atoms with E-state index in [9.17, 15) is 5.11 Å². The van der Waals surface area contributed by atoms with Gasteiger partial charge in [0.2, 0.25) is 0 Å². The van der Waals surface area contributed by atoms with E-state index in [-0.39, 0.29) is 5.41 Å². The van der Waals surface area contributed by atoms with Gasteiger partial charge in [-0.2, -0.15) is 0 Å². The minimum atomic E-state index is 0.156. The van der Waals surface area contributed by atoms with E-state index in [0.717, 1.165) is 31.5 Å². The fraction of sp³-hybridized carbons (Fsp3) is 0.571. The van der Waals surface area contributed by atoms with Gasteiger partial charge >= 0.3 is 0 Å². The van der Waals surface area contributed by atoms with Crippen LogP contribution in [0.5, 0.6) is 0 Å². The van der Waals surface area contributed by atoms with Crippen LogP contribution in [0.25, 0.3) is 0 Å². The molecular formula is C14H21NO. The van der Waals surface area contributed by atoms with Crippen molar-refractivity contribution in [3.8, 4) is 0 Å². The Balaban J connectivity index is 1.89. The smallest absolute Gasteiger partial charge is 0.0504 e. The zero-order valence-electron chi connectivity index (χ0n) is 10.00. The van der Waals surface area contributed by atoms with E-state index in [1.54, 1.807) is 0 Å². The molecule has 0 bridgehead atoms. The van der Waals surface area contributed by atoms with Crippen LogP contribution < -0.4 is 5.32 Å². The Bertz CT molecular complexity index is 322. The Kier molecular flexibility index (Phi) is 3.49. The van der Waals surface area contributed by atoms with Crippen molar-refractivity contribution in [3.63, 3.8) is 0 Å². The van der Waals surface area contributed by atoms with Crippen LogP contribution in [0.4, 0.5) is 5.69 Å². The quantitative estimate of drug-likeness (QED) is 0.798. The van der Waals surface area contributed by atoms with Crippen molar-refractivity contribution in [3.05, 3.63) is 29.8 Å². The third-order valence-electron chi connectivity index (χ3n) is 3.78. The molecule has 1 aliphatic rings. The number of aliphatic hydroxyl groups is 1. The number of aliphatic hydroxyl groups excluding tert-OH is 1. The van der Waals surface area contributed by atoms with Gasteiger partial charge in [-0.15, -0.1) is 0 Å². The Hall–Kier alpha value is -1.02. The summed E-state index contributed by atoms with van der Waals surface area (Å²) in [7, 11) is 0. The molecule has 0 unspecified atom stereocenters. The predicted octanol–water partition coefficient (Wildman–Crippen LogP) is 2.82. The van der Waals surface area contributed by atoms with Gasteiger partial charge in [0.1, 0.15) is 0 Å². The summed E-state index contributed by atoms with van der Waals surface area (Å²) < 4.78 is 0. The number of nitrogens with one attached hydrogen (secondary N) is 1. The van der Waals surface area contributed by atoms with E-state index in [1.807, 2.05) is 0 Å². The Labute approximate surface area is 97.7 Å². The van der Waals surface area contributed by atoms with Gasteiger partial charge in [0.05, 0.1) is 6.61 Å². The van der Waals surface area contributed by atoms with Gasteiger partial charge < -0.3 is 10.4 Å². The van der Waals surface area contributed by atoms with Crippen molar-refractivity contribution in [1.29, 1.82) is 0 Å². The predicted molar refractivity (Wildman–Crippen MR) is 67.7 cm³/mol. The topological polar surface area (TPSA) is 32.3 Å². The van der Waals surface area contributed by atoms with Gasteiger partial charge in [0.25, 0.3) is 0 Å². The Morgan fingerprint density at radius 2 is 1.94 bits per heavy atom. The van der Waals surface area contributed by atoms with Crippen molar-refractivity contribution >= 4 is 5.69 Å². The molecule has 16 heavy (non-hydrogen) atoms. The van der Waals surface area contributed by atoms with Crippen molar-refractivity contribution in [2.75, 3.05) is 18.5 Å². The van der Waals surface area contributed by atoms with Crippen molar-refractivity contribution < 1.29 is 5.11 Å². The number of aryl methyl sites for hydroxylation is 1. The highest BCUT2D eigenvalue weighted by atomic mass is 16.3. The molecule has 0 radical (unpaired) electrons. The summed E-state index contributed by atoms with van der Waals surface area (Å²) in [4.78, 5) is 0. The van der Waals surface area contributed by atoms with E-state index in [4.69, 9.17) is 0 Å². The molecule has 2 N–H and O–H groups in total. The van der Waals surface area contributed by atoms with E-state index in [2.05, 4.69) is 36.5 Å². The normalized spacial score (nSPS) is 17.9. The second-order valence-electron chi connectivity index (χ2n) is 4.92. The number of hydrogen-bond acceptors (Lipinski definition) is 2. The third-order valence-corrected chi connectivity index (χ3v) is 3.78. The molecule has 0 aromatic heterocycles. The number of anilines is 1. The monoisotopic (exact) mass is 219 g/mol. The second-order valence-corrected chi connectivity index (χ2v) is 4.92. The number of rotatable bonds is 5. The van der Waals surface area contributed by atoms with Crippen LogP contribution in [-0.2, 0) is 6.42 Å². The highest BCUT2D eigenvalue weighted by Crippen LogP contribution is 2.40. The fourth-order valence-electron chi connectivity index (χ4n) is 2.22. The summed E-state index contributed by atoms with van der Waals surface area (Å²) in [5.74, 6) is 0. The molecule has 2 nitrogen and oxygen atoms in total. The summed E-state index contributed by atoms with van der Waals surface area (Å²) >= 11 is 0. The third kappa shape index (κ3) is 2.38. The fourth-order valence-corrected chi connectivity index (χ4v) is 2.22. The van der Waals surface area contributed by atoms with Crippen LogP contribution in [0.1, 0.15) is 31.7 Å². The first kappa shape index (κ1) is 11.5. The Morgan fingerprint density at radius 3 is 2.38 bits per heavy atom. The minimum absolute atomic E-state index is 0.156. The van der Waals surface area contributed by atoms with E-state index in [1.165, 1.54) is 12.0 Å². The SMILES string of the molecule is CCc1ccc(NCC2(CO)CCC2)cc1. The molecule has 88 valence electrons. The van der Waals surface area contributed by atoms with E-state index in [0.29, 0.717) is 6.61 Å². The molecular weight excluding hydrogens is 198 g/mol. The van der Waals surface area contributed by atoms with Crippen molar-refractivity contribution in [1.82, 2.24) is 0 Å². The van der Waals surface area contributed by atoms with Gasteiger partial charge in [-0.05, 0) is 37.0 Å². The first-order chi connectivity index (χ1) is 7.78. The number of benzene rings is 1. The molecule has 0 aliphatic heterocycles. The maximum Gasteiger partial charge on any atom is 0.0504 e. The standard InChI is InChI=1S/C14H21NO/c1-2-12-4-6-13(7-5-12)15-10-14(11-16)8-3-9-14/h4-7,15-16H,2-3,8-11H2,1H3. The largest absolute Gasteiger partial charge is 0.396 e. The summed E-state index contributed by atoms with van der Waals surface area (Å²) in [5, 5.41) is 12.8. The highest BCUT2D eigenvalue weighted by molar-refractivity contribution is 5.44. The maximum absolute atomic E-state index is 9.36. The molecule has 1 aromatic rings. The molecule has 1 aromatic carbocycles. The maximum atomic E-state index is 9.36. The molecule has 0 amide bonds. The van der Waals surface area contributed by atoms with E-state index < -0.39 is 0 Å². The molecule has 2 rings (SSSR count). The highest BCUT2D eigenvalue weighted by Gasteiger charge is 2.35. The van der Waals surface area contributed by atoms with Crippen LogP contribution >= 0.6 is 0 Å². The molecule has 0 atom stereocenters. The Morgan fingerprint density at radius 1 is 1.25 bits per heavy atom. The number of hydrogen-bond donors (Lipinski definition) is 2. The van der Waals surface area contributed by atoms with Crippen LogP contribution in [0.2, 0.25) is 0 Å². The lowest BCUT2D eigenvalue weighted by molar-refractivity contribution is 0.0576. The van der Waals surface area contributed by atoms with Gasteiger partial charge in [-0.1, -0.05) is 25.5 Å². The lowest BCUT2D eigenvalue weighted by Gasteiger charge is -2.40. The van der Waals surface area contributed by atoms with Gasteiger partial charge in [-0.25, -0.2) is 0 Å². The first-order valence-corrected chi connectivity index (χ1v) is 6.22. The van der Waals surface area contributed by atoms with Crippen molar-refractivity contribution in [2.45, 2.75) is 32.6 Å². The average molecular weight is 219 g/mol. The van der Waals surface area contributed by atoms with Crippen molar-refractivity contribution in [2.24, 2.45) is 5.41 Å². The lowest BCUT2D eigenvalue weighted by Crippen LogP contribution is -2.39. The molecule has 2 heteroatoms. The summed E-state index contributed by atoms with van der Waals surface area (Å²) in [6, 6.07) is 8.58. The van der Waals surface area contributed by atoms with Gasteiger partial charge in [0.15, 0.2) is 0 Å². The van der Waals surface area contributed by atoms with Crippen LogP contribution in [0.3, 0.4) is 0 Å². The summed E-state index contributed by atoms with van der Waals surface area (Å²) in [6.45, 7) is 3.37.